The summed E-state index contributed by atoms with van der Waals surface area (Å²) in [5.74, 6) is -0.217. The van der Waals surface area contributed by atoms with Crippen molar-refractivity contribution in [1.29, 1.82) is 0 Å². The van der Waals surface area contributed by atoms with Crippen LogP contribution in [-0.2, 0) is 16.7 Å². The van der Waals surface area contributed by atoms with Crippen molar-refractivity contribution < 1.29 is 17.7 Å². The Morgan fingerprint density at radius 2 is 2.16 bits per heavy atom. The zero-order valence-corrected chi connectivity index (χ0v) is 10.7. The lowest BCUT2D eigenvalue weighted by Gasteiger charge is -1.99. The minimum atomic E-state index is -3.99. The summed E-state index contributed by atoms with van der Waals surface area (Å²) in [7, 11) is -3.99. The smallest absolute Gasteiger partial charge is 0.271 e. The van der Waals surface area contributed by atoms with Crippen LogP contribution in [0.1, 0.15) is 0 Å². The van der Waals surface area contributed by atoms with Gasteiger partial charge in [0.15, 0.2) is 12.7 Å². The molecule has 0 atom stereocenters. The van der Waals surface area contributed by atoms with Crippen molar-refractivity contribution in [2.24, 2.45) is 0 Å². The van der Waals surface area contributed by atoms with Crippen molar-refractivity contribution in [2.75, 3.05) is 11.5 Å². The fraction of sp³-hybridized carbons (Fsp3) is 0.200. The highest BCUT2D eigenvalue weighted by atomic mass is 32.2. The van der Waals surface area contributed by atoms with Crippen molar-refractivity contribution in [1.82, 2.24) is 15.1 Å². The molecule has 9 heteroatoms. The van der Waals surface area contributed by atoms with Gasteiger partial charge in [-0.2, -0.15) is 8.42 Å². The van der Waals surface area contributed by atoms with E-state index in [4.69, 9.17) is 10.3 Å². The maximum absolute atomic E-state index is 10.6. The number of aromatic nitrogens is 4. The van der Waals surface area contributed by atoms with Crippen LogP contribution in [0.2, 0.25) is 0 Å². The van der Waals surface area contributed by atoms with Crippen LogP contribution in [0, 0.1) is 0 Å². The lowest BCUT2D eigenvalue weighted by molar-refractivity contribution is -0.750. The Bertz CT molecular complexity index is 672. The Morgan fingerprint density at radius 3 is 2.74 bits per heavy atom. The molecule has 2 heterocycles. The number of hydrogen-bond donors (Lipinski definition) is 2. The van der Waals surface area contributed by atoms with Crippen LogP contribution in [0.3, 0.4) is 0 Å². The van der Waals surface area contributed by atoms with E-state index in [0.29, 0.717) is 5.69 Å². The largest absolute Gasteiger partial charge is 0.368 e. The molecule has 0 fully saturated rings. The number of rotatable bonds is 4. The van der Waals surface area contributed by atoms with Crippen molar-refractivity contribution in [3.05, 3.63) is 30.7 Å². The monoisotopic (exact) mass is 282 g/mol. The van der Waals surface area contributed by atoms with Gasteiger partial charge in [-0.15, -0.1) is 0 Å². The van der Waals surface area contributed by atoms with Gasteiger partial charge in [-0.25, -0.2) is 9.97 Å². The molecule has 8 nitrogen and oxygen atoms in total. The Balaban J connectivity index is 2.15. The average Bonchev–Trinajstić information content (AvgIpc) is 2.36. The molecule has 0 aliphatic carbocycles. The molecule has 0 aliphatic heterocycles. The predicted octanol–water partition coefficient (Wildman–Crippen LogP) is -0.704. The lowest BCUT2D eigenvalue weighted by Crippen LogP contribution is -2.40. The molecule has 19 heavy (non-hydrogen) atoms. The predicted molar refractivity (Wildman–Crippen MR) is 66.3 cm³/mol. The van der Waals surface area contributed by atoms with Gasteiger partial charge in [0.25, 0.3) is 10.1 Å². The molecule has 0 unspecified atom stereocenters. The fourth-order valence-corrected chi connectivity index (χ4v) is 1.83. The zero-order chi connectivity index (χ0) is 13.9. The summed E-state index contributed by atoms with van der Waals surface area (Å²) in [6.07, 6.45) is 4.67. The van der Waals surface area contributed by atoms with E-state index in [1.807, 2.05) is 0 Å². The van der Waals surface area contributed by atoms with E-state index in [1.54, 1.807) is 18.3 Å². The Hall–Kier alpha value is -2.13. The highest BCUT2D eigenvalue weighted by Crippen LogP contribution is 2.13. The van der Waals surface area contributed by atoms with Crippen LogP contribution in [-0.4, -0.2) is 33.8 Å². The number of aryl methyl sites for hydroxylation is 1. The molecule has 0 bridgehead atoms. The second-order valence-electron chi connectivity index (χ2n) is 3.76. The van der Waals surface area contributed by atoms with Crippen LogP contribution in [0.4, 0.5) is 5.95 Å². The van der Waals surface area contributed by atoms with Gasteiger partial charge in [0, 0.05) is 17.8 Å². The standard InChI is InChI=1S/C10H11N5O3S/c11-10-12-3-1-9(14-10)8-2-4-15(13-7-8)5-6-19(16,17)18/h1-4,7H,5-6H2,(H2-,11,12,14,16,17,18)/p+1. The number of nitrogen functional groups attached to an aromatic ring is 1. The summed E-state index contributed by atoms with van der Waals surface area (Å²) in [5.41, 5.74) is 6.84. The van der Waals surface area contributed by atoms with Crippen LogP contribution in [0.25, 0.3) is 11.3 Å². The van der Waals surface area contributed by atoms with Crippen LogP contribution >= 0.6 is 0 Å². The number of nitrogens with zero attached hydrogens (tertiary/aromatic N) is 4. The summed E-state index contributed by atoms with van der Waals surface area (Å²) in [4.78, 5) is 7.83. The highest BCUT2D eigenvalue weighted by molar-refractivity contribution is 7.85. The van der Waals surface area contributed by atoms with E-state index in [9.17, 15) is 8.42 Å². The summed E-state index contributed by atoms with van der Waals surface area (Å²) in [6, 6.07) is 3.41. The molecule has 0 saturated carbocycles. The first kappa shape index (κ1) is 13.3. The second kappa shape index (κ2) is 5.24. The third kappa shape index (κ3) is 3.93. The molecule has 0 saturated heterocycles. The normalized spacial score (nSPS) is 11.4. The SMILES string of the molecule is Nc1nccc(-c2cc[n+](CCS(=O)(=O)O)nc2)n1. The number of anilines is 1. The molecule has 2 rings (SSSR count). The summed E-state index contributed by atoms with van der Waals surface area (Å²) in [5, 5.41) is 4.03. The van der Waals surface area contributed by atoms with Crippen LogP contribution in [0.15, 0.2) is 30.7 Å². The first-order chi connectivity index (χ1) is 8.94. The molecule has 100 valence electrons. The fourth-order valence-electron chi connectivity index (χ4n) is 1.41. The highest BCUT2D eigenvalue weighted by Gasteiger charge is 2.11. The minimum absolute atomic E-state index is 0.0744. The summed E-state index contributed by atoms with van der Waals surface area (Å²) < 4.78 is 31.3. The third-order valence-corrected chi connectivity index (χ3v) is 3.02. The molecule has 3 N–H and O–H groups in total. The van der Waals surface area contributed by atoms with Crippen LogP contribution in [0.5, 0.6) is 0 Å². The van der Waals surface area contributed by atoms with Crippen molar-refractivity contribution in [2.45, 2.75) is 6.54 Å². The van der Waals surface area contributed by atoms with Gasteiger partial charge in [0.2, 0.25) is 5.95 Å². The zero-order valence-electron chi connectivity index (χ0n) is 9.84. The third-order valence-electron chi connectivity index (χ3n) is 2.32. The van der Waals surface area contributed by atoms with Gasteiger partial charge >= 0.3 is 0 Å². The van der Waals surface area contributed by atoms with Crippen LogP contribution < -0.4 is 10.4 Å². The van der Waals surface area contributed by atoms with Gasteiger partial charge in [0.05, 0.1) is 5.69 Å². The van der Waals surface area contributed by atoms with E-state index in [0.717, 1.165) is 5.56 Å². The Kier molecular flexibility index (Phi) is 3.67. The lowest BCUT2D eigenvalue weighted by atomic mass is 10.2. The molecule has 0 spiro atoms. The topological polar surface area (TPSA) is 123 Å². The van der Waals surface area contributed by atoms with E-state index in [2.05, 4.69) is 15.1 Å². The second-order valence-corrected chi connectivity index (χ2v) is 5.34. The average molecular weight is 282 g/mol. The van der Waals surface area contributed by atoms with Crippen molar-refractivity contribution in [3.8, 4) is 11.3 Å². The Morgan fingerprint density at radius 1 is 1.37 bits per heavy atom. The number of nitrogens with two attached hydrogens (primary N) is 1. The maximum atomic E-state index is 10.6. The molecule has 0 aromatic carbocycles. The quantitative estimate of drug-likeness (QED) is 0.561. The van der Waals surface area contributed by atoms with E-state index in [-0.39, 0.29) is 18.2 Å². The minimum Gasteiger partial charge on any atom is -0.368 e. The summed E-state index contributed by atoms with van der Waals surface area (Å²) in [6.45, 7) is 0.0744. The van der Waals surface area contributed by atoms with E-state index < -0.39 is 10.1 Å². The van der Waals surface area contributed by atoms with E-state index in [1.165, 1.54) is 17.1 Å². The number of hydrogen-bond acceptors (Lipinski definition) is 6. The van der Waals surface area contributed by atoms with Gasteiger partial charge in [-0.1, -0.05) is 4.68 Å². The molecule has 0 aliphatic rings. The van der Waals surface area contributed by atoms with Gasteiger partial charge in [-0.05, 0) is 11.2 Å². The van der Waals surface area contributed by atoms with Crippen molar-refractivity contribution >= 4 is 16.1 Å². The maximum Gasteiger partial charge on any atom is 0.271 e. The van der Waals surface area contributed by atoms with Gasteiger partial charge in [-0.3, -0.25) is 4.55 Å². The first-order valence-corrected chi connectivity index (χ1v) is 6.95. The molecular weight excluding hydrogens is 270 g/mol. The Labute approximate surface area is 109 Å². The van der Waals surface area contributed by atoms with E-state index >= 15 is 0 Å². The molecular formula is C10H12N5O3S+. The van der Waals surface area contributed by atoms with Gasteiger partial charge in [0.1, 0.15) is 11.9 Å². The first-order valence-electron chi connectivity index (χ1n) is 5.34. The summed E-state index contributed by atoms with van der Waals surface area (Å²) >= 11 is 0. The van der Waals surface area contributed by atoms with Gasteiger partial charge < -0.3 is 5.73 Å². The van der Waals surface area contributed by atoms with Crippen molar-refractivity contribution in [3.63, 3.8) is 0 Å². The molecule has 0 radical (unpaired) electrons. The molecule has 2 aromatic heterocycles. The molecule has 0 amide bonds. The molecule has 2 aromatic rings.